The Hall–Kier alpha value is -3.42. The van der Waals surface area contributed by atoms with Crippen LogP contribution in [0.4, 0.5) is 0 Å². The number of carbonyl (C=O) groups excluding carboxylic acids is 1. The van der Waals surface area contributed by atoms with Crippen molar-refractivity contribution in [1.82, 2.24) is 24.6 Å². The minimum absolute atomic E-state index is 0.0282. The third-order valence-corrected chi connectivity index (χ3v) is 5.35. The summed E-state index contributed by atoms with van der Waals surface area (Å²) in [6, 6.07) is 5.26. The molecule has 1 saturated heterocycles. The van der Waals surface area contributed by atoms with Gasteiger partial charge < -0.3 is 14.4 Å². The van der Waals surface area contributed by atoms with Gasteiger partial charge in [-0.25, -0.2) is 14.6 Å². The number of benzene rings is 1. The lowest BCUT2D eigenvalue weighted by Gasteiger charge is -2.32. The van der Waals surface area contributed by atoms with E-state index in [-0.39, 0.29) is 11.8 Å². The molecule has 0 saturated carbocycles. The van der Waals surface area contributed by atoms with Crippen LogP contribution in [-0.4, -0.2) is 57.4 Å². The molecule has 0 unspecified atom stereocenters. The predicted molar refractivity (Wildman–Crippen MR) is 113 cm³/mol. The van der Waals surface area contributed by atoms with Crippen molar-refractivity contribution in [3.63, 3.8) is 0 Å². The Balaban J connectivity index is 1.56. The van der Waals surface area contributed by atoms with E-state index in [2.05, 4.69) is 21.6 Å². The van der Waals surface area contributed by atoms with E-state index in [0.29, 0.717) is 36.8 Å². The summed E-state index contributed by atoms with van der Waals surface area (Å²) in [5, 5.41) is 4.66. The average Bonchev–Trinajstić information content (AvgIpc) is 3.14. The molecular weight excluding hydrogens is 382 g/mol. The van der Waals surface area contributed by atoms with Gasteiger partial charge >= 0.3 is 0 Å². The summed E-state index contributed by atoms with van der Waals surface area (Å²) in [6.45, 7) is 5.33. The summed E-state index contributed by atoms with van der Waals surface area (Å²) in [6.07, 6.45) is 6.89. The van der Waals surface area contributed by atoms with Gasteiger partial charge in [-0.05, 0) is 31.0 Å². The molecule has 0 N–H and O–H groups in total. The van der Waals surface area contributed by atoms with Crippen LogP contribution in [-0.2, 0) is 7.05 Å². The van der Waals surface area contributed by atoms with Crippen LogP contribution in [0, 0.1) is 0 Å². The van der Waals surface area contributed by atoms with Crippen molar-refractivity contribution in [2.45, 2.75) is 18.8 Å². The molecule has 2 aromatic heterocycles. The van der Waals surface area contributed by atoms with E-state index in [4.69, 9.17) is 9.47 Å². The van der Waals surface area contributed by atoms with Crippen molar-refractivity contribution >= 4 is 17.1 Å². The number of hydrogen-bond acceptors (Lipinski definition) is 6. The van der Waals surface area contributed by atoms with Crippen molar-refractivity contribution < 1.29 is 14.3 Å². The summed E-state index contributed by atoms with van der Waals surface area (Å²) in [5.41, 5.74) is 3.05. The zero-order valence-electron chi connectivity index (χ0n) is 17.2. The molecule has 1 aromatic carbocycles. The fourth-order valence-corrected chi connectivity index (χ4v) is 3.92. The number of piperidine rings is 1. The lowest BCUT2D eigenvalue weighted by Crippen LogP contribution is -2.39. The Bertz CT molecular complexity index is 1080. The monoisotopic (exact) mass is 407 g/mol. The maximum atomic E-state index is 13.2. The molecule has 3 aromatic rings. The molecule has 4 rings (SSSR count). The highest BCUT2D eigenvalue weighted by atomic mass is 16.5. The van der Waals surface area contributed by atoms with Gasteiger partial charge in [-0.15, -0.1) is 0 Å². The molecule has 30 heavy (non-hydrogen) atoms. The molecule has 3 heterocycles. The van der Waals surface area contributed by atoms with Gasteiger partial charge in [0.2, 0.25) is 0 Å². The molecule has 0 aliphatic carbocycles. The van der Waals surface area contributed by atoms with Crippen LogP contribution in [0.3, 0.4) is 0 Å². The quantitative estimate of drug-likeness (QED) is 0.585. The van der Waals surface area contributed by atoms with Crippen molar-refractivity contribution in [1.29, 1.82) is 0 Å². The molecule has 0 bridgehead atoms. The molecule has 8 heteroatoms. The third kappa shape index (κ3) is 3.72. The first-order valence-corrected chi connectivity index (χ1v) is 9.97. The van der Waals surface area contributed by atoms with Gasteiger partial charge in [0.15, 0.2) is 17.1 Å². The van der Waals surface area contributed by atoms with Crippen LogP contribution >= 0.6 is 0 Å². The van der Waals surface area contributed by atoms with Crippen molar-refractivity contribution in [2.24, 2.45) is 7.05 Å². The lowest BCUT2D eigenvalue weighted by atomic mass is 9.93. The second kappa shape index (κ2) is 8.52. The summed E-state index contributed by atoms with van der Waals surface area (Å²) in [4.78, 5) is 23.9. The van der Waals surface area contributed by atoms with E-state index in [1.807, 2.05) is 11.9 Å². The lowest BCUT2D eigenvalue weighted by molar-refractivity contribution is 0.0705. The topological polar surface area (TPSA) is 82.4 Å². The number of aryl methyl sites for hydroxylation is 1. The summed E-state index contributed by atoms with van der Waals surface area (Å²) < 4.78 is 12.7. The minimum Gasteiger partial charge on any atom is -0.493 e. The molecule has 156 valence electrons. The summed E-state index contributed by atoms with van der Waals surface area (Å²) in [5.74, 6) is 1.21. The Kier molecular flexibility index (Phi) is 5.65. The number of hydrogen-bond donors (Lipinski definition) is 0. The first kappa shape index (κ1) is 19.9. The Morgan fingerprint density at radius 1 is 1.30 bits per heavy atom. The number of carbonyl (C=O) groups is 1. The van der Waals surface area contributed by atoms with E-state index < -0.39 is 0 Å². The van der Waals surface area contributed by atoms with Crippen LogP contribution in [0.15, 0.2) is 43.2 Å². The van der Waals surface area contributed by atoms with E-state index in [9.17, 15) is 4.79 Å². The van der Waals surface area contributed by atoms with Gasteiger partial charge in [-0.1, -0.05) is 12.7 Å². The molecule has 1 amide bonds. The number of fused-ring (bicyclic) bond motifs is 1. The molecule has 0 radical (unpaired) electrons. The number of ether oxygens (including phenoxy) is 2. The average molecular weight is 407 g/mol. The van der Waals surface area contributed by atoms with Gasteiger partial charge in [0.25, 0.3) is 5.91 Å². The normalized spacial score (nSPS) is 16.5. The van der Waals surface area contributed by atoms with E-state index in [0.717, 1.165) is 29.7 Å². The Morgan fingerprint density at radius 2 is 2.13 bits per heavy atom. The molecular formula is C22H25N5O3. The number of aromatic nitrogens is 4. The SMILES string of the molecule is C=CCOc1ccc(C(=O)N2CCC[C@@H](c3nn(C)c4nccnc34)C2)cc1OC. The fourth-order valence-electron chi connectivity index (χ4n) is 3.92. The number of rotatable bonds is 6. The van der Waals surface area contributed by atoms with Crippen LogP contribution in [0.2, 0.25) is 0 Å². The highest BCUT2D eigenvalue weighted by molar-refractivity contribution is 5.95. The van der Waals surface area contributed by atoms with Gasteiger partial charge in [-0.2, -0.15) is 5.10 Å². The van der Waals surface area contributed by atoms with E-state index in [1.54, 1.807) is 48.5 Å². The maximum Gasteiger partial charge on any atom is 0.254 e. The standard InChI is InChI=1S/C22H25N5O3/c1-4-12-30-17-8-7-15(13-18(17)29-3)22(28)27-11-5-6-16(14-27)19-20-21(26(2)25-19)24-10-9-23-20/h4,7-10,13,16H,1,5-6,11-12,14H2,2-3H3/t16-/m1/s1. The zero-order valence-corrected chi connectivity index (χ0v) is 17.2. The van der Waals surface area contributed by atoms with Crippen LogP contribution in [0.1, 0.15) is 34.8 Å². The minimum atomic E-state index is -0.0282. The summed E-state index contributed by atoms with van der Waals surface area (Å²) in [7, 11) is 3.43. The van der Waals surface area contributed by atoms with Gasteiger partial charge in [-0.3, -0.25) is 4.79 Å². The van der Waals surface area contributed by atoms with Crippen molar-refractivity contribution in [3.8, 4) is 11.5 Å². The van der Waals surface area contributed by atoms with Gasteiger partial charge in [0.05, 0.1) is 12.8 Å². The van der Waals surface area contributed by atoms with Crippen LogP contribution in [0.5, 0.6) is 11.5 Å². The molecule has 1 aliphatic heterocycles. The first-order valence-electron chi connectivity index (χ1n) is 9.97. The number of nitrogens with zero attached hydrogens (tertiary/aromatic N) is 5. The second-order valence-electron chi connectivity index (χ2n) is 7.29. The van der Waals surface area contributed by atoms with Crippen molar-refractivity contribution in [2.75, 3.05) is 26.8 Å². The number of likely N-dealkylation sites (tertiary alicyclic amines) is 1. The van der Waals surface area contributed by atoms with Crippen LogP contribution < -0.4 is 9.47 Å². The molecule has 1 aliphatic rings. The third-order valence-electron chi connectivity index (χ3n) is 5.35. The second-order valence-corrected chi connectivity index (χ2v) is 7.29. The molecule has 1 atom stereocenters. The fraction of sp³-hybridized carbons (Fsp3) is 0.364. The number of amides is 1. The highest BCUT2D eigenvalue weighted by Crippen LogP contribution is 2.32. The smallest absolute Gasteiger partial charge is 0.254 e. The largest absolute Gasteiger partial charge is 0.493 e. The first-order chi connectivity index (χ1) is 14.6. The zero-order chi connectivity index (χ0) is 21.1. The van der Waals surface area contributed by atoms with Crippen molar-refractivity contribution in [3.05, 3.63) is 54.5 Å². The molecule has 1 fully saturated rings. The predicted octanol–water partition coefficient (Wildman–Crippen LogP) is 2.96. The Labute approximate surface area is 175 Å². The number of methoxy groups -OCH3 is 1. The van der Waals surface area contributed by atoms with E-state index >= 15 is 0 Å². The van der Waals surface area contributed by atoms with Gasteiger partial charge in [0.1, 0.15) is 12.1 Å². The van der Waals surface area contributed by atoms with Gasteiger partial charge in [0, 0.05) is 44.0 Å². The van der Waals surface area contributed by atoms with Crippen LogP contribution in [0.25, 0.3) is 11.2 Å². The molecule has 8 nitrogen and oxygen atoms in total. The maximum absolute atomic E-state index is 13.2. The van der Waals surface area contributed by atoms with E-state index in [1.165, 1.54) is 0 Å². The highest BCUT2D eigenvalue weighted by Gasteiger charge is 2.29. The molecule has 0 spiro atoms. The Morgan fingerprint density at radius 3 is 2.93 bits per heavy atom. The summed E-state index contributed by atoms with van der Waals surface area (Å²) >= 11 is 0.